The average Bonchev–Trinajstić information content (AvgIpc) is 1.64. The van der Waals surface area contributed by atoms with Crippen LogP contribution in [0.15, 0.2) is 227 Å². The van der Waals surface area contributed by atoms with Crippen LogP contribution in [0.5, 0.6) is 29.0 Å². The summed E-state index contributed by atoms with van der Waals surface area (Å²) in [5.41, 5.74) is 11.6. The Hall–Kier alpha value is -15.3. The molecule has 12 aromatic heterocycles. The third-order valence-electron chi connectivity index (χ3n) is 20.6. The maximum atomic E-state index is 13.9. The van der Waals surface area contributed by atoms with Gasteiger partial charge in [0.2, 0.25) is 11.8 Å². The van der Waals surface area contributed by atoms with E-state index in [1.54, 1.807) is 61.3 Å². The zero-order valence-corrected chi connectivity index (χ0v) is 74.6. The average molecular weight is 1840 g/mol. The van der Waals surface area contributed by atoms with E-state index in [0.29, 0.717) is 67.3 Å². The van der Waals surface area contributed by atoms with Crippen molar-refractivity contribution in [2.75, 3.05) is 0 Å². The lowest BCUT2D eigenvalue weighted by atomic mass is 10.1. The zero-order chi connectivity index (χ0) is 96.1. The van der Waals surface area contributed by atoms with Gasteiger partial charge < -0.3 is 23.7 Å². The maximum absolute atomic E-state index is 13.9. The van der Waals surface area contributed by atoms with Gasteiger partial charge >= 0.3 is 12.4 Å². The molecule has 3 aromatic carbocycles. The molecule has 0 bridgehead atoms. The summed E-state index contributed by atoms with van der Waals surface area (Å²) in [5, 5.41) is 28.2. The summed E-state index contributed by atoms with van der Waals surface area (Å²) in [6.45, 7) is 20.3. The molecule has 134 heavy (non-hydrogen) atoms. The minimum absolute atomic E-state index is 0.0185. The van der Waals surface area contributed by atoms with Crippen LogP contribution in [0, 0.1) is 5.82 Å². The monoisotopic (exact) mass is 1840 g/mol. The van der Waals surface area contributed by atoms with E-state index in [2.05, 4.69) is 115 Å². The van der Waals surface area contributed by atoms with Crippen LogP contribution in [0.3, 0.4) is 0 Å². The second-order valence-corrected chi connectivity index (χ2v) is 31.2. The number of rotatable bonds is 31. The van der Waals surface area contributed by atoms with Crippen LogP contribution in [0.2, 0.25) is 0 Å². The summed E-state index contributed by atoms with van der Waals surface area (Å²) >= 11 is 0. The van der Waals surface area contributed by atoms with Crippen molar-refractivity contribution in [1.82, 2.24) is 93.4 Å². The number of fused-ring (bicyclic) bond motifs is 1. The molecule has 1 unspecified atom stereocenters. The number of carbonyl (C=O) groups is 3. The predicted octanol–water partition coefficient (Wildman–Crippen LogP) is 21.3. The molecule has 12 heterocycles. The minimum atomic E-state index is -4.48. The topological polar surface area (TPSA) is 287 Å². The number of hydrogen-bond donors (Lipinski definition) is 0. The Bertz CT molecular complexity index is 6410. The van der Waals surface area contributed by atoms with Crippen LogP contribution in [0.1, 0.15) is 173 Å². The number of para-hydroxylation sites is 1. The van der Waals surface area contributed by atoms with Gasteiger partial charge in [0.1, 0.15) is 104 Å². The third-order valence-corrected chi connectivity index (χ3v) is 20.6. The van der Waals surface area contributed by atoms with Crippen LogP contribution in [-0.2, 0) is 72.6 Å². The molecule has 0 fully saturated rings. The Labute approximate surface area is 764 Å². The van der Waals surface area contributed by atoms with Crippen molar-refractivity contribution in [1.29, 1.82) is 0 Å². The van der Waals surface area contributed by atoms with Gasteiger partial charge in [0.05, 0.1) is 56.8 Å². The molecule has 1 aliphatic carbocycles. The number of halogens is 10. The Kier molecular flexibility index (Phi) is 32.1. The van der Waals surface area contributed by atoms with Gasteiger partial charge in [-0.05, 0) is 151 Å². The molecule has 0 saturated heterocycles. The van der Waals surface area contributed by atoms with E-state index in [-0.39, 0.29) is 102 Å². The Morgan fingerprint density at radius 2 is 0.784 bits per heavy atom. The van der Waals surface area contributed by atoms with E-state index >= 15 is 0 Å². The van der Waals surface area contributed by atoms with Gasteiger partial charge in [-0.1, -0.05) is 92.0 Å². The predicted molar refractivity (Wildman–Crippen MR) is 481 cm³/mol. The highest BCUT2D eigenvalue weighted by molar-refractivity contribution is 6.03. The number of aldehydes is 2. The van der Waals surface area contributed by atoms with Crippen LogP contribution >= 0.6 is 0 Å². The Morgan fingerprint density at radius 1 is 0.410 bits per heavy atom. The molecule has 0 N–H and O–H groups in total. The molecule has 1 aliphatic rings. The third kappa shape index (κ3) is 24.1. The zero-order valence-electron chi connectivity index (χ0n) is 74.6. The lowest BCUT2D eigenvalue weighted by Crippen LogP contribution is -2.19. The number of nitrogens with zero attached hydrogens (tertiary/aromatic N) is 19. The highest BCUT2D eigenvalue weighted by Crippen LogP contribution is 2.39. The van der Waals surface area contributed by atoms with Crippen LogP contribution in [0.25, 0.3) is 69.1 Å². The molecule has 15 aromatic rings. The standard InChI is InChI=1S/C21H20FN3O2.2C20H21N3O.C18H16F5N5O2.C18H17F4N5O2/c1-13(2)25-17(9-11-24-25)21-14(4-3-10-23-21)12-27-19-8-6-16(22)15-5-7-18(26)20(15)19;1-4-16-8-5-6-10-19(16)24-14-17-9-7-12-21-20(17)18-11-13-22-23(18)15(2)3;1-4-16-8-5-6-9-17(16)14-24-19-10-7-12-21-20(19)18-11-13-22-23(18)15(2)3;1-17(19,20)15-12(8-29)16(27(2)26-15)30-9-11-4-3-6-24-14(11)13-5-7-25-28(13)10-18(21,22)23;1-11(19)15-13(8-28)17(26(2)25-15)29-9-12-4-3-6-23-16(12)14-5-7-24-27(14)10-18(20,21)22/h3-4,6,8-11,13H,5,7,12H2,1-2H3;2*4-13,15H,1,14H2,2-3H3;3-8H,9-10H2,1-2H3;3-8,11H,9-10H2,1-2H3. The maximum Gasteiger partial charge on any atom is 0.408 e. The number of ketones is 1. The number of alkyl halides is 9. The van der Waals surface area contributed by atoms with Crippen LogP contribution in [-0.4, -0.2) is 124 Å². The number of ether oxygens (including phenoxy) is 5. The summed E-state index contributed by atoms with van der Waals surface area (Å²) in [6.07, 6.45) is 10.6. The number of benzene rings is 3. The molecule has 0 spiro atoms. The molecule has 696 valence electrons. The number of pyridine rings is 5. The highest BCUT2D eigenvalue weighted by Gasteiger charge is 2.37. The van der Waals surface area contributed by atoms with Gasteiger partial charge in [0.15, 0.2) is 18.4 Å². The van der Waals surface area contributed by atoms with E-state index in [4.69, 9.17) is 23.7 Å². The smallest absolute Gasteiger partial charge is 0.408 e. The van der Waals surface area contributed by atoms with E-state index in [0.717, 1.165) is 87.5 Å². The van der Waals surface area contributed by atoms with Crippen molar-refractivity contribution >= 4 is 30.5 Å². The number of carbonyl (C=O) groups excluding carboxylic acids is 3. The van der Waals surface area contributed by atoms with Crippen molar-refractivity contribution < 1.29 is 82.0 Å². The van der Waals surface area contributed by atoms with Crippen molar-refractivity contribution in [3.05, 3.63) is 305 Å². The van der Waals surface area contributed by atoms with E-state index < -0.39 is 48.8 Å². The van der Waals surface area contributed by atoms with Crippen LogP contribution < -0.4 is 23.7 Å². The fraction of sp³-hybridized carbons (Fsp3) is 0.268. The molecule has 0 saturated carbocycles. The lowest BCUT2D eigenvalue weighted by molar-refractivity contribution is -0.143. The molecular formula is C97H95F10N19O8. The second-order valence-electron chi connectivity index (χ2n) is 31.2. The first kappa shape index (κ1) is 97.7. The number of aromatic nitrogens is 19. The number of hydrogen-bond acceptors (Lipinski definition) is 20. The molecule has 0 amide bonds. The summed E-state index contributed by atoms with van der Waals surface area (Å²) in [7, 11) is 2.83. The number of aryl methyl sites for hydroxylation is 2. The molecule has 37 heteroatoms. The van der Waals surface area contributed by atoms with E-state index in [1.165, 1.54) is 74.8 Å². The first-order valence-electron chi connectivity index (χ1n) is 42.2. The molecule has 0 aliphatic heterocycles. The molecule has 0 radical (unpaired) electrons. The van der Waals surface area contributed by atoms with Crippen molar-refractivity contribution in [3.63, 3.8) is 0 Å². The normalized spacial score (nSPS) is 12.0. The number of Topliss-reactive ketones (excluding diaryl/α,β-unsaturated/α-hetero) is 1. The largest absolute Gasteiger partial charge is 0.488 e. The molecule has 27 nitrogen and oxygen atoms in total. The van der Waals surface area contributed by atoms with Crippen LogP contribution in [0.4, 0.5) is 43.9 Å². The van der Waals surface area contributed by atoms with Gasteiger partial charge in [0.25, 0.3) is 5.92 Å². The van der Waals surface area contributed by atoms with Gasteiger partial charge in [-0.15, -0.1) is 0 Å². The quantitative estimate of drug-likeness (QED) is 0.0288. The SMILES string of the molecule is C=Cc1ccccc1COc1cccnc1-c1ccnn1C(C)C.C=Cc1ccccc1OCc1cccnc1-c1ccnn1C(C)C.CC(C)n1nccc1-c1ncccc1COc1ccc(F)c2c1C(=O)CC2.CC(F)c1nn(C)c(OCc2cccnc2-c2ccnn2CC(F)(F)F)c1C=O.Cn1nc(C(C)(F)F)c(C=O)c1OCc1cccnc1-c1ccnn1CC(F)(F)F. The Morgan fingerprint density at radius 3 is 1.24 bits per heavy atom. The summed E-state index contributed by atoms with van der Waals surface area (Å²) in [5.74, 6) is -1.91. The van der Waals surface area contributed by atoms with Crippen molar-refractivity contribution in [2.24, 2.45) is 14.1 Å². The van der Waals surface area contributed by atoms with Crippen molar-refractivity contribution in [3.8, 4) is 85.9 Å². The summed E-state index contributed by atoms with van der Waals surface area (Å²) < 4.78 is 171. The summed E-state index contributed by atoms with van der Waals surface area (Å²) in [4.78, 5) is 56.7. The van der Waals surface area contributed by atoms with Gasteiger partial charge in [0, 0.05) is 141 Å². The second kappa shape index (κ2) is 44.1. The lowest BCUT2D eigenvalue weighted by Gasteiger charge is -2.15. The highest BCUT2D eigenvalue weighted by atomic mass is 19.4. The Balaban J connectivity index is 0.000000151. The van der Waals surface area contributed by atoms with Gasteiger partial charge in [-0.3, -0.25) is 62.7 Å². The molecular weight excluding hydrogens is 1750 g/mol. The molecule has 16 rings (SSSR count). The minimum Gasteiger partial charge on any atom is -0.488 e. The molecule has 1 atom stereocenters. The first-order valence-corrected chi connectivity index (χ1v) is 42.2. The summed E-state index contributed by atoms with van der Waals surface area (Å²) in [6, 6.07) is 46.1. The van der Waals surface area contributed by atoms with Gasteiger partial charge in [-0.25, -0.2) is 18.1 Å². The van der Waals surface area contributed by atoms with Crippen molar-refractivity contribution in [2.45, 2.75) is 157 Å². The fourth-order valence-electron chi connectivity index (χ4n) is 14.5. The van der Waals surface area contributed by atoms with E-state index in [9.17, 15) is 58.3 Å². The van der Waals surface area contributed by atoms with Gasteiger partial charge in [-0.2, -0.15) is 70.8 Å². The fourth-order valence-corrected chi connectivity index (χ4v) is 14.5. The first-order chi connectivity index (χ1) is 64.2. The van der Waals surface area contributed by atoms with E-state index in [1.807, 2.05) is 129 Å².